The molecule has 0 bridgehead atoms. The molecule has 11 heteroatoms. The fourth-order valence-corrected chi connectivity index (χ4v) is 4.31. The summed E-state index contributed by atoms with van der Waals surface area (Å²) in [6, 6.07) is 8.42. The first kappa shape index (κ1) is 22.8. The lowest BCUT2D eigenvalue weighted by Crippen LogP contribution is -2.44. The van der Waals surface area contributed by atoms with Crippen LogP contribution in [0.4, 0.5) is 0 Å². The fraction of sp³-hybridized carbons (Fsp3) is 0.200. The summed E-state index contributed by atoms with van der Waals surface area (Å²) in [5.74, 6) is -0.600. The van der Waals surface area contributed by atoms with Crippen LogP contribution >= 0.6 is 35.3 Å². The number of nitrogens with one attached hydrogen (secondary N) is 1. The average molecular weight is 479 g/mol. The molecule has 0 saturated carbocycles. The van der Waals surface area contributed by atoms with Gasteiger partial charge in [-0.25, -0.2) is 4.79 Å². The van der Waals surface area contributed by atoms with Gasteiger partial charge in [-0.15, -0.1) is 11.3 Å². The van der Waals surface area contributed by atoms with Gasteiger partial charge in [0.15, 0.2) is 22.4 Å². The van der Waals surface area contributed by atoms with Gasteiger partial charge in [0.25, 0.3) is 11.8 Å². The molecule has 0 atom stereocenters. The summed E-state index contributed by atoms with van der Waals surface area (Å²) in [6.45, 7) is 1.69. The quantitative estimate of drug-likeness (QED) is 0.351. The van der Waals surface area contributed by atoms with Crippen LogP contribution in [0.3, 0.4) is 0 Å². The highest BCUT2D eigenvalue weighted by atomic mass is 32.2. The van der Waals surface area contributed by atoms with E-state index in [2.05, 4.69) is 5.43 Å². The highest BCUT2D eigenvalue weighted by molar-refractivity contribution is 8.26. The zero-order valence-electron chi connectivity index (χ0n) is 16.6. The molecular formula is C20H18N2O6S3. The lowest BCUT2D eigenvalue weighted by atomic mass is 10.2. The Balaban J connectivity index is 1.75. The maximum Gasteiger partial charge on any atom is 0.344 e. The van der Waals surface area contributed by atoms with Crippen LogP contribution in [0.2, 0.25) is 0 Å². The second-order valence-electron chi connectivity index (χ2n) is 5.94. The molecule has 2 amide bonds. The number of hydrazine groups is 1. The number of thiophene rings is 1. The summed E-state index contributed by atoms with van der Waals surface area (Å²) in [4.78, 5) is 37.4. The van der Waals surface area contributed by atoms with Crippen LogP contribution in [0.15, 0.2) is 40.6 Å². The molecule has 1 saturated heterocycles. The van der Waals surface area contributed by atoms with Crippen molar-refractivity contribution in [2.45, 2.75) is 6.92 Å². The van der Waals surface area contributed by atoms with E-state index in [1.54, 1.807) is 48.7 Å². The van der Waals surface area contributed by atoms with Crippen molar-refractivity contribution in [3.05, 3.63) is 51.1 Å². The van der Waals surface area contributed by atoms with Crippen molar-refractivity contribution in [3.8, 4) is 11.5 Å². The Hall–Kier alpha value is -2.89. The predicted octanol–water partition coefficient (Wildman–Crippen LogP) is 3.24. The second kappa shape index (κ2) is 10.4. The number of nitrogens with zero attached hydrogens (tertiary/aromatic N) is 1. The van der Waals surface area contributed by atoms with Gasteiger partial charge in [0, 0.05) is 0 Å². The Morgan fingerprint density at radius 3 is 2.74 bits per heavy atom. The summed E-state index contributed by atoms with van der Waals surface area (Å²) >= 11 is 7.57. The lowest BCUT2D eigenvalue weighted by Gasteiger charge is -2.14. The standard InChI is InChI=1S/C20H18N2O6S3/c1-3-27-17(23)11-28-14-9-12(6-7-13(14)26-2)10-16-19(25)22(20(29)31-16)21-18(24)15-5-4-8-30-15/h4-10H,3,11H2,1-2H3,(H,21,24)/b16-10-. The lowest BCUT2D eigenvalue weighted by molar-refractivity contribution is -0.145. The molecule has 1 aromatic heterocycles. The maximum absolute atomic E-state index is 12.7. The number of hydrogen-bond acceptors (Lipinski definition) is 9. The molecule has 2 aromatic rings. The number of thiocarbonyl (C=S) groups is 1. The van der Waals surface area contributed by atoms with E-state index < -0.39 is 17.8 Å². The van der Waals surface area contributed by atoms with Crippen LogP contribution in [-0.4, -0.2) is 47.4 Å². The molecule has 1 N–H and O–H groups in total. The van der Waals surface area contributed by atoms with Crippen LogP contribution in [-0.2, 0) is 14.3 Å². The molecule has 1 aliphatic heterocycles. The molecule has 0 unspecified atom stereocenters. The van der Waals surface area contributed by atoms with Crippen LogP contribution < -0.4 is 14.9 Å². The minimum Gasteiger partial charge on any atom is -0.493 e. The summed E-state index contributed by atoms with van der Waals surface area (Å²) in [5.41, 5.74) is 3.16. The average Bonchev–Trinajstić information content (AvgIpc) is 3.38. The Morgan fingerprint density at radius 2 is 2.06 bits per heavy atom. The van der Waals surface area contributed by atoms with Crippen LogP contribution in [0.5, 0.6) is 11.5 Å². The monoisotopic (exact) mass is 478 g/mol. The molecule has 1 fully saturated rings. The third-order valence-electron chi connectivity index (χ3n) is 3.89. The smallest absolute Gasteiger partial charge is 0.344 e. The van der Waals surface area contributed by atoms with E-state index in [0.717, 1.165) is 16.8 Å². The highest BCUT2D eigenvalue weighted by Crippen LogP contribution is 2.34. The maximum atomic E-state index is 12.7. The molecule has 1 aliphatic rings. The van der Waals surface area contributed by atoms with Gasteiger partial charge < -0.3 is 14.2 Å². The first-order valence-corrected chi connectivity index (χ1v) is 11.1. The van der Waals surface area contributed by atoms with E-state index in [0.29, 0.717) is 26.8 Å². The number of rotatable bonds is 8. The normalized spacial score (nSPS) is 14.6. The molecule has 1 aromatic carbocycles. The number of amides is 2. The van der Waals surface area contributed by atoms with Gasteiger partial charge in [-0.05, 0) is 54.4 Å². The minimum atomic E-state index is -0.502. The molecule has 3 rings (SSSR count). The summed E-state index contributed by atoms with van der Waals surface area (Å²) < 4.78 is 15.8. The van der Waals surface area contributed by atoms with Gasteiger partial charge in [-0.3, -0.25) is 15.0 Å². The Morgan fingerprint density at radius 1 is 1.26 bits per heavy atom. The molecular weight excluding hydrogens is 460 g/mol. The Bertz CT molecular complexity index is 1040. The number of carbonyl (C=O) groups excluding carboxylic acids is 3. The molecule has 0 spiro atoms. The molecule has 2 heterocycles. The van der Waals surface area contributed by atoms with Crippen molar-refractivity contribution in [2.75, 3.05) is 20.3 Å². The minimum absolute atomic E-state index is 0.216. The highest BCUT2D eigenvalue weighted by Gasteiger charge is 2.34. The van der Waals surface area contributed by atoms with E-state index >= 15 is 0 Å². The van der Waals surface area contributed by atoms with E-state index in [1.165, 1.54) is 18.4 Å². The van der Waals surface area contributed by atoms with E-state index in [4.69, 9.17) is 26.4 Å². The zero-order valence-corrected chi connectivity index (χ0v) is 19.0. The third-order valence-corrected chi connectivity index (χ3v) is 6.06. The molecule has 31 heavy (non-hydrogen) atoms. The van der Waals surface area contributed by atoms with Crippen LogP contribution in [0.25, 0.3) is 6.08 Å². The fourth-order valence-electron chi connectivity index (χ4n) is 2.52. The summed E-state index contributed by atoms with van der Waals surface area (Å²) in [6.07, 6.45) is 1.62. The molecule has 162 valence electrons. The third kappa shape index (κ3) is 5.63. The second-order valence-corrected chi connectivity index (χ2v) is 8.56. The van der Waals surface area contributed by atoms with Gasteiger partial charge in [0.2, 0.25) is 0 Å². The first-order chi connectivity index (χ1) is 14.9. The molecule has 8 nitrogen and oxygen atoms in total. The van der Waals surface area contributed by atoms with Crippen LogP contribution in [0, 0.1) is 0 Å². The number of hydrogen-bond donors (Lipinski definition) is 1. The first-order valence-electron chi connectivity index (χ1n) is 9.01. The van der Waals surface area contributed by atoms with Crippen molar-refractivity contribution >= 4 is 63.5 Å². The molecule has 0 radical (unpaired) electrons. The van der Waals surface area contributed by atoms with Gasteiger partial charge in [0.1, 0.15) is 0 Å². The topological polar surface area (TPSA) is 94.2 Å². The number of ether oxygens (including phenoxy) is 3. The van der Waals surface area contributed by atoms with Crippen molar-refractivity contribution in [1.29, 1.82) is 0 Å². The predicted molar refractivity (Wildman–Crippen MR) is 122 cm³/mol. The number of carbonyl (C=O) groups is 3. The number of methoxy groups -OCH3 is 1. The number of esters is 1. The number of benzene rings is 1. The Labute approximate surface area is 192 Å². The van der Waals surface area contributed by atoms with Crippen molar-refractivity contribution in [1.82, 2.24) is 10.4 Å². The largest absolute Gasteiger partial charge is 0.493 e. The van der Waals surface area contributed by atoms with E-state index in [9.17, 15) is 14.4 Å². The van der Waals surface area contributed by atoms with Crippen LogP contribution in [0.1, 0.15) is 22.2 Å². The summed E-state index contributed by atoms with van der Waals surface area (Å²) in [5, 5.41) is 2.82. The SMILES string of the molecule is CCOC(=O)COc1cc(/C=C2\SC(=S)N(NC(=O)c3cccs3)C2=O)ccc1OC. The molecule has 0 aliphatic carbocycles. The van der Waals surface area contributed by atoms with Gasteiger partial charge >= 0.3 is 5.97 Å². The van der Waals surface area contributed by atoms with E-state index in [1.807, 2.05) is 0 Å². The van der Waals surface area contributed by atoms with Crippen molar-refractivity contribution in [3.63, 3.8) is 0 Å². The van der Waals surface area contributed by atoms with Gasteiger partial charge in [0.05, 0.1) is 23.5 Å². The van der Waals surface area contributed by atoms with Crippen molar-refractivity contribution in [2.24, 2.45) is 0 Å². The Kier molecular flexibility index (Phi) is 7.66. The van der Waals surface area contributed by atoms with E-state index in [-0.39, 0.29) is 17.5 Å². The van der Waals surface area contributed by atoms with Crippen molar-refractivity contribution < 1.29 is 28.6 Å². The number of thioether (sulfide) groups is 1. The summed E-state index contributed by atoms with van der Waals surface area (Å²) in [7, 11) is 1.48. The van der Waals surface area contributed by atoms with Gasteiger partial charge in [-0.1, -0.05) is 23.9 Å². The van der Waals surface area contributed by atoms with Gasteiger partial charge in [-0.2, -0.15) is 5.01 Å². The zero-order chi connectivity index (χ0) is 22.4.